The summed E-state index contributed by atoms with van der Waals surface area (Å²) in [5.41, 5.74) is 4.12. The van der Waals surface area contributed by atoms with Gasteiger partial charge in [-0.15, -0.1) is 0 Å². The van der Waals surface area contributed by atoms with E-state index < -0.39 is 0 Å². The Bertz CT molecular complexity index is 710. The zero-order chi connectivity index (χ0) is 16.9. The molecule has 0 saturated carbocycles. The lowest BCUT2D eigenvalue weighted by molar-refractivity contribution is -0.115. The summed E-state index contributed by atoms with van der Waals surface area (Å²) < 4.78 is 6.41. The molecular formula is C19H21BrN2O2. The van der Waals surface area contributed by atoms with Crippen molar-refractivity contribution in [2.75, 3.05) is 36.5 Å². The number of carbonyl (C=O) groups excluding carboxylic acids is 1. The van der Waals surface area contributed by atoms with Gasteiger partial charge in [0, 0.05) is 28.9 Å². The molecule has 5 heteroatoms. The van der Waals surface area contributed by atoms with Gasteiger partial charge in [-0.05, 0) is 48.4 Å². The van der Waals surface area contributed by atoms with Gasteiger partial charge >= 0.3 is 0 Å². The maximum Gasteiger partial charge on any atom is 0.228 e. The molecule has 0 aromatic heterocycles. The summed E-state index contributed by atoms with van der Waals surface area (Å²) in [6, 6.07) is 14.0. The highest BCUT2D eigenvalue weighted by Crippen LogP contribution is 2.21. The summed E-state index contributed by atoms with van der Waals surface area (Å²) in [6.45, 7) is 5.39. The average Bonchev–Trinajstić information content (AvgIpc) is 2.59. The molecule has 24 heavy (non-hydrogen) atoms. The second-order valence-electron chi connectivity index (χ2n) is 5.95. The second-order valence-corrected chi connectivity index (χ2v) is 6.81. The predicted octanol–water partition coefficient (Wildman–Crippen LogP) is 3.78. The molecule has 0 spiro atoms. The molecule has 1 N–H and O–H groups in total. The van der Waals surface area contributed by atoms with Crippen LogP contribution in [-0.2, 0) is 16.0 Å². The Morgan fingerprint density at radius 3 is 2.54 bits per heavy atom. The van der Waals surface area contributed by atoms with Crippen LogP contribution in [-0.4, -0.2) is 32.2 Å². The van der Waals surface area contributed by atoms with E-state index in [4.69, 9.17) is 4.74 Å². The number of halogens is 1. The van der Waals surface area contributed by atoms with Gasteiger partial charge in [0.15, 0.2) is 0 Å². The van der Waals surface area contributed by atoms with Crippen molar-refractivity contribution in [1.82, 2.24) is 0 Å². The number of rotatable bonds is 4. The molecular weight excluding hydrogens is 368 g/mol. The fourth-order valence-electron chi connectivity index (χ4n) is 2.76. The highest BCUT2D eigenvalue weighted by Gasteiger charge is 2.11. The van der Waals surface area contributed by atoms with Gasteiger partial charge in [0.25, 0.3) is 0 Å². The van der Waals surface area contributed by atoms with Crippen LogP contribution < -0.4 is 10.2 Å². The van der Waals surface area contributed by atoms with Crippen molar-refractivity contribution in [3.05, 3.63) is 58.1 Å². The van der Waals surface area contributed by atoms with Gasteiger partial charge in [0.05, 0.1) is 19.6 Å². The Labute approximate surface area is 150 Å². The van der Waals surface area contributed by atoms with Crippen molar-refractivity contribution in [3.63, 3.8) is 0 Å². The van der Waals surface area contributed by atoms with E-state index in [1.54, 1.807) is 0 Å². The Hall–Kier alpha value is -1.85. The van der Waals surface area contributed by atoms with Crippen molar-refractivity contribution >= 4 is 33.2 Å². The fourth-order valence-corrected chi connectivity index (χ4v) is 3.01. The molecule has 1 aliphatic heterocycles. The van der Waals surface area contributed by atoms with Crippen LogP contribution in [0, 0.1) is 6.92 Å². The van der Waals surface area contributed by atoms with Crippen LogP contribution in [0.1, 0.15) is 11.1 Å². The molecule has 126 valence electrons. The predicted molar refractivity (Wildman–Crippen MR) is 101 cm³/mol. The lowest BCUT2D eigenvalue weighted by atomic mass is 10.1. The van der Waals surface area contributed by atoms with Crippen LogP contribution in [0.4, 0.5) is 11.4 Å². The number of morpholine rings is 1. The lowest BCUT2D eigenvalue weighted by Gasteiger charge is -2.28. The van der Waals surface area contributed by atoms with Crippen molar-refractivity contribution in [2.24, 2.45) is 0 Å². The van der Waals surface area contributed by atoms with Crippen molar-refractivity contribution in [3.8, 4) is 0 Å². The molecule has 1 aliphatic rings. The molecule has 3 rings (SSSR count). The van der Waals surface area contributed by atoms with Crippen LogP contribution in [0.5, 0.6) is 0 Å². The number of aryl methyl sites for hydroxylation is 1. The molecule has 0 atom stereocenters. The van der Waals surface area contributed by atoms with Crippen LogP contribution in [0.15, 0.2) is 46.9 Å². The Balaban J connectivity index is 1.58. The molecule has 1 fully saturated rings. The molecule has 0 aliphatic carbocycles. The number of hydrogen-bond acceptors (Lipinski definition) is 3. The molecule has 2 aromatic carbocycles. The zero-order valence-corrected chi connectivity index (χ0v) is 15.3. The maximum atomic E-state index is 12.2. The minimum absolute atomic E-state index is 0.00385. The van der Waals surface area contributed by atoms with Crippen molar-refractivity contribution in [1.29, 1.82) is 0 Å². The van der Waals surface area contributed by atoms with E-state index in [-0.39, 0.29) is 5.91 Å². The SMILES string of the molecule is Cc1cc(NC(=O)Cc2ccc(N3CCOCC3)cc2)ccc1Br. The molecule has 0 bridgehead atoms. The van der Waals surface area contributed by atoms with Gasteiger partial charge in [-0.25, -0.2) is 0 Å². The summed E-state index contributed by atoms with van der Waals surface area (Å²) in [6.07, 6.45) is 0.374. The highest BCUT2D eigenvalue weighted by molar-refractivity contribution is 9.10. The maximum absolute atomic E-state index is 12.2. The Morgan fingerprint density at radius 2 is 1.88 bits per heavy atom. The largest absolute Gasteiger partial charge is 0.378 e. The van der Waals surface area contributed by atoms with Gasteiger partial charge in [-0.3, -0.25) is 4.79 Å². The van der Waals surface area contributed by atoms with E-state index in [0.29, 0.717) is 6.42 Å². The number of nitrogens with one attached hydrogen (secondary N) is 1. The van der Waals surface area contributed by atoms with E-state index in [1.165, 1.54) is 5.69 Å². The summed E-state index contributed by atoms with van der Waals surface area (Å²) in [5.74, 6) is -0.00385. The number of amides is 1. The molecule has 2 aromatic rings. The van der Waals surface area contributed by atoms with E-state index in [1.807, 2.05) is 37.3 Å². The molecule has 1 heterocycles. The van der Waals surface area contributed by atoms with Crippen LogP contribution in [0.25, 0.3) is 0 Å². The fraction of sp³-hybridized carbons (Fsp3) is 0.316. The van der Waals surface area contributed by atoms with E-state index >= 15 is 0 Å². The highest BCUT2D eigenvalue weighted by atomic mass is 79.9. The number of anilines is 2. The summed E-state index contributed by atoms with van der Waals surface area (Å²) in [7, 11) is 0. The number of carbonyl (C=O) groups is 1. The lowest BCUT2D eigenvalue weighted by Crippen LogP contribution is -2.36. The third-order valence-electron chi connectivity index (χ3n) is 4.12. The van der Waals surface area contributed by atoms with Gasteiger partial charge in [-0.1, -0.05) is 28.1 Å². The van der Waals surface area contributed by atoms with Gasteiger partial charge in [0.1, 0.15) is 0 Å². The summed E-state index contributed by atoms with van der Waals surface area (Å²) in [4.78, 5) is 14.5. The molecule has 0 unspecified atom stereocenters. The molecule has 1 amide bonds. The molecule has 0 radical (unpaired) electrons. The average molecular weight is 389 g/mol. The Morgan fingerprint density at radius 1 is 1.17 bits per heavy atom. The number of ether oxygens (including phenoxy) is 1. The minimum atomic E-state index is -0.00385. The summed E-state index contributed by atoms with van der Waals surface area (Å²) >= 11 is 3.46. The van der Waals surface area contributed by atoms with Crippen molar-refractivity contribution in [2.45, 2.75) is 13.3 Å². The second kappa shape index (κ2) is 7.81. The van der Waals surface area contributed by atoms with Crippen LogP contribution >= 0.6 is 15.9 Å². The van der Waals surface area contributed by atoms with Crippen molar-refractivity contribution < 1.29 is 9.53 Å². The molecule has 4 nitrogen and oxygen atoms in total. The number of nitrogens with zero attached hydrogens (tertiary/aromatic N) is 1. The first-order valence-corrected chi connectivity index (χ1v) is 8.89. The van der Waals surface area contributed by atoms with E-state index in [9.17, 15) is 4.79 Å². The van der Waals surface area contributed by atoms with E-state index in [0.717, 1.165) is 47.6 Å². The first-order chi connectivity index (χ1) is 11.6. The normalized spacial score (nSPS) is 14.5. The Kier molecular flexibility index (Phi) is 5.53. The standard InChI is InChI=1S/C19H21BrN2O2/c1-14-12-16(4-7-18(14)20)21-19(23)13-15-2-5-17(6-3-15)22-8-10-24-11-9-22/h2-7,12H,8-11,13H2,1H3,(H,21,23). The first-order valence-electron chi connectivity index (χ1n) is 8.09. The topological polar surface area (TPSA) is 41.6 Å². The smallest absolute Gasteiger partial charge is 0.228 e. The van der Waals surface area contributed by atoms with Gasteiger partial charge in [-0.2, -0.15) is 0 Å². The quantitative estimate of drug-likeness (QED) is 0.866. The third-order valence-corrected chi connectivity index (χ3v) is 5.01. The van der Waals surface area contributed by atoms with Gasteiger partial charge in [0.2, 0.25) is 5.91 Å². The monoisotopic (exact) mass is 388 g/mol. The minimum Gasteiger partial charge on any atom is -0.378 e. The molecule has 1 saturated heterocycles. The number of benzene rings is 2. The van der Waals surface area contributed by atoms with E-state index in [2.05, 4.69) is 38.3 Å². The summed E-state index contributed by atoms with van der Waals surface area (Å²) in [5, 5.41) is 2.95. The van der Waals surface area contributed by atoms with Gasteiger partial charge < -0.3 is 15.0 Å². The van der Waals surface area contributed by atoms with Crippen LogP contribution in [0.2, 0.25) is 0 Å². The number of hydrogen-bond donors (Lipinski definition) is 1. The first kappa shape index (κ1) is 17.0. The third kappa shape index (κ3) is 4.36. The zero-order valence-electron chi connectivity index (χ0n) is 13.7. The van der Waals surface area contributed by atoms with Crippen LogP contribution in [0.3, 0.4) is 0 Å².